The molecule has 0 bridgehead atoms. The molecule has 4 rings (SSSR count). The molecule has 0 atom stereocenters. The van der Waals surface area contributed by atoms with Gasteiger partial charge < -0.3 is 9.80 Å². The summed E-state index contributed by atoms with van der Waals surface area (Å²) in [5.74, 6) is 0.221. The lowest BCUT2D eigenvalue weighted by Gasteiger charge is -2.36. The maximum absolute atomic E-state index is 12.6. The summed E-state index contributed by atoms with van der Waals surface area (Å²) in [4.78, 5) is 25.9. The van der Waals surface area contributed by atoms with E-state index < -0.39 is 0 Å². The van der Waals surface area contributed by atoms with Crippen molar-refractivity contribution in [1.29, 1.82) is 0 Å². The Hall–Kier alpha value is -2.73. The average molecular weight is 393 g/mol. The largest absolute Gasteiger partial charge is 0.368 e. The molecule has 0 radical (unpaired) electrons. The summed E-state index contributed by atoms with van der Waals surface area (Å²) in [6.07, 6.45) is 2.97. The minimum Gasteiger partial charge on any atom is -0.368 e. The van der Waals surface area contributed by atoms with Gasteiger partial charge >= 0.3 is 0 Å². The van der Waals surface area contributed by atoms with Gasteiger partial charge in [-0.2, -0.15) is 0 Å². The summed E-state index contributed by atoms with van der Waals surface area (Å²) in [6, 6.07) is 14.4. The van der Waals surface area contributed by atoms with Crippen molar-refractivity contribution >= 4 is 22.9 Å². The van der Waals surface area contributed by atoms with Gasteiger partial charge in [0, 0.05) is 56.3 Å². The van der Waals surface area contributed by atoms with Gasteiger partial charge in [-0.05, 0) is 36.8 Å². The molecule has 1 aliphatic rings. The van der Waals surface area contributed by atoms with Crippen LogP contribution in [0.15, 0.2) is 54.0 Å². The van der Waals surface area contributed by atoms with Gasteiger partial charge in [-0.3, -0.25) is 9.78 Å². The number of amides is 1. The second-order valence-electron chi connectivity index (χ2n) is 7.05. The van der Waals surface area contributed by atoms with Gasteiger partial charge in [-0.25, -0.2) is 4.98 Å². The Balaban J connectivity index is 1.28. The normalized spacial score (nSPS) is 14.3. The summed E-state index contributed by atoms with van der Waals surface area (Å²) >= 11 is 1.60. The zero-order valence-corrected chi connectivity index (χ0v) is 16.9. The molecular formula is C22H24N4OS. The van der Waals surface area contributed by atoms with Crippen LogP contribution in [0.2, 0.25) is 0 Å². The van der Waals surface area contributed by atoms with Crippen molar-refractivity contribution in [2.75, 3.05) is 31.1 Å². The summed E-state index contributed by atoms with van der Waals surface area (Å²) < 4.78 is 0. The van der Waals surface area contributed by atoms with Crippen LogP contribution in [0.25, 0.3) is 11.4 Å². The Morgan fingerprint density at radius 1 is 1.07 bits per heavy atom. The fourth-order valence-electron chi connectivity index (χ4n) is 3.47. The number of carbonyl (C=O) groups is 1. The van der Waals surface area contributed by atoms with Crippen molar-refractivity contribution in [3.8, 4) is 11.4 Å². The van der Waals surface area contributed by atoms with E-state index in [4.69, 9.17) is 0 Å². The van der Waals surface area contributed by atoms with Crippen molar-refractivity contribution in [2.45, 2.75) is 19.8 Å². The Labute approximate surface area is 169 Å². The number of anilines is 1. The first kappa shape index (κ1) is 18.6. The van der Waals surface area contributed by atoms with Gasteiger partial charge in [-0.1, -0.05) is 18.2 Å². The van der Waals surface area contributed by atoms with Crippen LogP contribution < -0.4 is 4.90 Å². The topological polar surface area (TPSA) is 49.3 Å². The molecule has 28 heavy (non-hydrogen) atoms. The van der Waals surface area contributed by atoms with E-state index in [9.17, 15) is 4.79 Å². The Kier molecular flexibility index (Phi) is 5.67. The molecule has 6 heteroatoms. The highest BCUT2D eigenvalue weighted by atomic mass is 32.1. The van der Waals surface area contributed by atoms with Crippen LogP contribution in [0.5, 0.6) is 0 Å². The van der Waals surface area contributed by atoms with E-state index in [0.717, 1.165) is 42.6 Å². The predicted octanol–water partition coefficient (Wildman–Crippen LogP) is 3.79. The number of nitrogens with zero attached hydrogens (tertiary/aromatic N) is 4. The molecular weight excluding hydrogens is 368 g/mol. The molecule has 0 unspecified atom stereocenters. The minimum absolute atomic E-state index is 0.221. The highest BCUT2D eigenvalue weighted by Gasteiger charge is 2.21. The number of pyridine rings is 1. The molecule has 0 spiro atoms. The van der Waals surface area contributed by atoms with Gasteiger partial charge in [0.15, 0.2) is 0 Å². The number of thiazole rings is 1. The van der Waals surface area contributed by atoms with E-state index in [2.05, 4.69) is 46.1 Å². The lowest BCUT2D eigenvalue weighted by atomic mass is 10.2. The molecule has 1 amide bonds. The fourth-order valence-corrected chi connectivity index (χ4v) is 4.26. The number of rotatable bonds is 5. The highest BCUT2D eigenvalue weighted by molar-refractivity contribution is 7.09. The number of aromatic nitrogens is 2. The van der Waals surface area contributed by atoms with Crippen molar-refractivity contribution in [3.05, 3.63) is 64.6 Å². The number of piperazine rings is 1. The monoisotopic (exact) mass is 392 g/mol. The molecule has 1 fully saturated rings. The van der Waals surface area contributed by atoms with Crippen LogP contribution >= 0.6 is 11.3 Å². The molecule has 0 N–H and O–H groups in total. The van der Waals surface area contributed by atoms with E-state index in [-0.39, 0.29) is 5.91 Å². The average Bonchev–Trinajstić information content (AvgIpc) is 3.22. The van der Waals surface area contributed by atoms with Crippen LogP contribution in [-0.4, -0.2) is 47.0 Å². The quantitative estimate of drug-likeness (QED) is 0.663. The van der Waals surface area contributed by atoms with E-state index in [1.165, 1.54) is 11.3 Å². The smallest absolute Gasteiger partial charge is 0.223 e. The SMILES string of the molecule is Cc1cccc(N2CCN(C(=O)CCc3nc(-c4ccccn4)cs3)CC2)c1. The Morgan fingerprint density at radius 2 is 1.93 bits per heavy atom. The molecule has 3 heterocycles. The molecule has 2 aromatic heterocycles. The molecule has 0 saturated carbocycles. The fraction of sp³-hybridized carbons (Fsp3) is 0.318. The third kappa shape index (κ3) is 4.39. The number of hydrogen-bond donors (Lipinski definition) is 0. The van der Waals surface area contributed by atoms with Crippen LogP contribution in [0.3, 0.4) is 0 Å². The third-order valence-electron chi connectivity index (χ3n) is 5.03. The Bertz CT molecular complexity index is 932. The van der Waals surface area contributed by atoms with Crippen LogP contribution in [0.1, 0.15) is 17.0 Å². The molecule has 1 saturated heterocycles. The van der Waals surface area contributed by atoms with E-state index in [0.29, 0.717) is 12.8 Å². The van der Waals surface area contributed by atoms with Gasteiger partial charge in [0.05, 0.1) is 16.4 Å². The maximum Gasteiger partial charge on any atom is 0.223 e. The minimum atomic E-state index is 0.221. The molecule has 1 aliphatic heterocycles. The maximum atomic E-state index is 12.6. The zero-order chi connectivity index (χ0) is 19.3. The van der Waals surface area contributed by atoms with E-state index in [1.807, 2.05) is 28.5 Å². The van der Waals surface area contributed by atoms with Crippen molar-refractivity contribution in [2.24, 2.45) is 0 Å². The second kappa shape index (κ2) is 8.52. The third-order valence-corrected chi connectivity index (χ3v) is 5.94. The first-order valence-corrected chi connectivity index (χ1v) is 10.5. The number of carbonyl (C=O) groups excluding carboxylic acids is 1. The molecule has 0 aliphatic carbocycles. The lowest BCUT2D eigenvalue weighted by molar-refractivity contribution is -0.131. The molecule has 3 aromatic rings. The van der Waals surface area contributed by atoms with Crippen LogP contribution in [0.4, 0.5) is 5.69 Å². The van der Waals surface area contributed by atoms with Crippen LogP contribution in [0, 0.1) is 6.92 Å². The number of hydrogen-bond acceptors (Lipinski definition) is 5. The van der Waals surface area contributed by atoms with Crippen LogP contribution in [-0.2, 0) is 11.2 Å². The van der Waals surface area contributed by atoms with Crippen molar-refractivity contribution in [3.63, 3.8) is 0 Å². The van der Waals surface area contributed by atoms with E-state index in [1.54, 1.807) is 17.5 Å². The lowest BCUT2D eigenvalue weighted by Crippen LogP contribution is -2.48. The number of aryl methyl sites for hydroxylation is 2. The zero-order valence-electron chi connectivity index (χ0n) is 16.0. The van der Waals surface area contributed by atoms with Gasteiger partial charge in [0.25, 0.3) is 0 Å². The molecule has 144 valence electrons. The summed E-state index contributed by atoms with van der Waals surface area (Å²) in [5.41, 5.74) is 4.28. The first-order chi connectivity index (χ1) is 13.7. The summed E-state index contributed by atoms with van der Waals surface area (Å²) in [7, 11) is 0. The second-order valence-corrected chi connectivity index (χ2v) is 7.99. The summed E-state index contributed by atoms with van der Waals surface area (Å²) in [6.45, 7) is 5.45. The van der Waals surface area contributed by atoms with Gasteiger partial charge in [-0.15, -0.1) is 11.3 Å². The van der Waals surface area contributed by atoms with Gasteiger partial charge in [0.2, 0.25) is 5.91 Å². The van der Waals surface area contributed by atoms with Gasteiger partial charge in [0.1, 0.15) is 0 Å². The molecule has 1 aromatic carbocycles. The van der Waals surface area contributed by atoms with Crippen molar-refractivity contribution in [1.82, 2.24) is 14.9 Å². The predicted molar refractivity (Wildman–Crippen MR) is 114 cm³/mol. The molecule has 5 nitrogen and oxygen atoms in total. The Morgan fingerprint density at radius 3 is 2.68 bits per heavy atom. The standard InChI is InChI=1S/C22H24N4OS/c1-17-5-4-6-18(15-17)25-11-13-26(14-12-25)22(27)9-8-21-24-20(16-28-21)19-7-2-3-10-23-19/h2-7,10,15-16H,8-9,11-14H2,1H3. The first-order valence-electron chi connectivity index (χ1n) is 9.64. The number of benzene rings is 1. The van der Waals surface area contributed by atoms with Crippen molar-refractivity contribution < 1.29 is 4.79 Å². The highest BCUT2D eigenvalue weighted by Crippen LogP contribution is 2.21. The van der Waals surface area contributed by atoms with E-state index >= 15 is 0 Å². The summed E-state index contributed by atoms with van der Waals surface area (Å²) in [5, 5.41) is 3.01.